The fraction of sp³-hybridized carbons (Fsp3) is 0.364. The van der Waals surface area contributed by atoms with E-state index in [1.165, 1.54) is 24.3 Å². The van der Waals surface area contributed by atoms with Crippen LogP contribution in [0.15, 0.2) is 47.3 Å². The normalized spacial score (nSPS) is 16.6. The summed E-state index contributed by atoms with van der Waals surface area (Å²) in [5, 5.41) is 3.56. The Morgan fingerprint density at radius 3 is 2.63 bits per heavy atom. The number of nitrogens with one attached hydrogen (secondary N) is 2. The molecule has 0 radical (unpaired) electrons. The zero-order valence-corrected chi connectivity index (χ0v) is 17.5. The molecule has 1 aliphatic rings. The van der Waals surface area contributed by atoms with Crippen LogP contribution in [0.3, 0.4) is 0 Å². The summed E-state index contributed by atoms with van der Waals surface area (Å²) in [6.45, 7) is 4.36. The van der Waals surface area contributed by atoms with Gasteiger partial charge in [-0.1, -0.05) is 11.6 Å². The molecule has 1 saturated heterocycles. The van der Waals surface area contributed by atoms with Crippen molar-refractivity contribution in [2.75, 3.05) is 19.6 Å². The molecule has 0 aliphatic carbocycles. The predicted molar refractivity (Wildman–Crippen MR) is 116 cm³/mol. The lowest BCUT2D eigenvalue weighted by molar-refractivity contribution is 0.0921. The van der Waals surface area contributed by atoms with Crippen LogP contribution in [0.4, 0.5) is 4.39 Å². The monoisotopic (exact) mass is 430 g/mol. The number of rotatable bonds is 5. The topological polar surface area (TPSA) is 70.1 Å². The quantitative estimate of drug-likeness (QED) is 0.650. The van der Waals surface area contributed by atoms with Gasteiger partial charge in [-0.2, -0.15) is 0 Å². The number of hydrogen-bond acceptors (Lipinski definition) is 3. The van der Waals surface area contributed by atoms with Gasteiger partial charge in [0.15, 0.2) is 0 Å². The van der Waals surface area contributed by atoms with Gasteiger partial charge in [0.2, 0.25) is 0 Å². The summed E-state index contributed by atoms with van der Waals surface area (Å²) in [7, 11) is 0. The van der Waals surface area contributed by atoms with Gasteiger partial charge in [0.25, 0.3) is 5.91 Å². The first kappa shape index (κ1) is 20.6. The Kier molecular flexibility index (Phi) is 5.92. The second kappa shape index (κ2) is 8.62. The van der Waals surface area contributed by atoms with Crippen LogP contribution in [0.25, 0.3) is 11.0 Å². The minimum Gasteiger partial charge on any atom is -0.348 e. The minimum atomic E-state index is -0.361. The van der Waals surface area contributed by atoms with Crippen molar-refractivity contribution in [2.24, 2.45) is 0 Å². The fourth-order valence-electron chi connectivity index (χ4n) is 4.17. The van der Waals surface area contributed by atoms with Crippen LogP contribution in [-0.2, 0) is 0 Å². The van der Waals surface area contributed by atoms with E-state index in [2.05, 4.69) is 15.2 Å². The molecule has 1 fully saturated rings. The molecule has 2 N–H and O–H groups in total. The first-order valence-electron chi connectivity index (χ1n) is 10.1. The molecule has 2 aromatic carbocycles. The van der Waals surface area contributed by atoms with Crippen LogP contribution in [0.5, 0.6) is 0 Å². The highest BCUT2D eigenvalue weighted by molar-refractivity contribution is 6.31. The number of piperidine rings is 1. The van der Waals surface area contributed by atoms with Crippen LogP contribution < -0.4 is 11.0 Å². The molecule has 8 heteroatoms. The van der Waals surface area contributed by atoms with Crippen LogP contribution in [0, 0.1) is 5.82 Å². The Bertz CT molecular complexity index is 1100. The van der Waals surface area contributed by atoms with Gasteiger partial charge in [-0.15, -0.1) is 0 Å². The Balaban J connectivity index is 1.34. The first-order chi connectivity index (χ1) is 14.4. The third-order valence-electron chi connectivity index (χ3n) is 5.62. The molecule has 3 aromatic rings. The second-order valence-electron chi connectivity index (χ2n) is 7.87. The van der Waals surface area contributed by atoms with Crippen molar-refractivity contribution < 1.29 is 9.18 Å². The van der Waals surface area contributed by atoms with Crippen LogP contribution in [-0.4, -0.2) is 46.0 Å². The first-order valence-corrected chi connectivity index (χ1v) is 10.5. The zero-order valence-electron chi connectivity index (χ0n) is 16.7. The summed E-state index contributed by atoms with van der Waals surface area (Å²) in [6, 6.07) is 11.1. The minimum absolute atomic E-state index is 0.0444. The number of likely N-dealkylation sites (tertiary alicyclic amines) is 1. The Labute approximate surface area is 178 Å². The van der Waals surface area contributed by atoms with E-state index in [1.54, 1.807) is 12.1 Å². The highest BCUT2D eigenvalue weighted by Gasteiger charge is 2.24. The van der Waals surface area contributed by atoms with E-state index in [-0.39, 0.29) is 29.5 Å². The molecule has 30 heavy (non-hydrogen) atoms. The molecule has 6 nitrogen and oxygen atoms in total. The smallest absolute Gasteiger partial charge is 0.326 e. The molecule has 1 amide bonds. The van der Waals surface area contributed by atoms with E-state index in [9.17, 15) is 14.0 Å². The van der Waals surface area contributed by atoms with Gasteiger partial charge in [0.1, 0.15) is 5.82 Å². The van der Waals surface area contributed by atoms with Crippen LogP contribution >= 0.6 is 11.6 Å². The summed E-state index contributed by atoms with van der Waals surface area (Å²) in [4.78, 5) is 29.9. The number of imidazole rings is 1. The number of carbonyl (C=O) groups excluding carboxylic acids is 1. The zero-order chi connectivity index (χ0) is 21.3. The number of aromatic nitrogens is 2. The number of halogens is 2. The van der Waals surface area contributed by atoms with E-state index in [1.807, 2.05) is 17.6 Å². The molecule has 158 valence electrons. The molecule has 0 spiro atoms. The number of amides is 1. The maximum atomic E-state index is 13.0. The molecule has 2 heterocycles. The highest BCUT2D eigenvalue weighted by Crippen LogP contribution is 2.26. The summed E-state index contributed by atoms with van der Waals surface area (Å²) in [5.41, 5.74) is 1.97. The maximum Gasteiger partial charge on any atom is 0.326 e. The average molecular weight is 431 g/mol. The molecule has 1 atom stereocenters. The molecular formula is C22H24ClFN4O2. The Morgan fingerprint density at radius 1 is 1.23 bits per heavy atom. The third kappa shape index (κ3) is 4.42. The van der Waals surface area contributed by atoms with Crippen LogP contribution in [0.1, 0.15) is 36.2 Å². The molecule has 0 unspecified atom stereocenters. The highest BCUT2D eigenvalue weighted by atomic mass is 35.5. The molecule has 4 rings (SSSR count). The van der Waals surface area contributed by atoms with Crippen molar-refractivity contribution >= 4 is 28.5 Å². The second-order valence-corrected chi connectivity index (χ2v) is 8.31. The number of hydrogen-bond donors (Lipinski definition) is 2. The summed E-state index contributed by atoms with van der Waals surface area (Å²) in [5.74, 6) is -0.568. The van der Waals surface area contributed by atoms with Gasteiger partial charge in [-0.05, 0) is 62.2 Å². The standard InChI is InChI=1S/C22H24ClFN4O2/c1-14(25-21(29)15-2-5-17(24)6-3-15)13-27-10-8-18(9-11-27)28-20-7-4-16(23)12-19(20)26-22(28)30/h2-7,12,14,18H,8-11,13H2,1H3,(H,25,29)(H,26,30)/t14-/m0/s1. The van der Waals surface area contributed by atoms with Crippen LogP contribution in [0.2, 0.25) is 5.02 Å². The van der Waals surface area contributed by atoms with E-state index in [0.29, 0.717) is 10.6 Å². The van der Waals surface area contributed by atoms with E-state index < -0.39 is 0 Å². The number of nitrogens with zero attached hydrogens (tertiary/aromatic N) is 2. The SMILES string of the molecule is C[C@@H](CN1CCC(n2c(=O)[nH]c3cc(Cl)ccc32)CC1)NC(=O)c1ccc(F)cc1. The van der Waals surface area contributed by atoms with Crippen molar-refractivity contribution in [3.63, 3.8) is 0 Å². The van der Waals surface area contributed by atoms with Crippen molar-refractivity contribution in [3.05, 3.63) is 69.4 Å². The van der Waals surface area contributed by atoms with Crippen molar-refractivity contribution in [2.45, 2.75) is 31.8 Å². The van der Waals surface area contributed by atoms with E-state index >= 15 is 0 Å². The third-order valence-corrected chi connectivity index (χ3v) is 5.85. The lowest BCUT2D eigenvalue weighted by atomic mass is 10.0. The van der Waals surface area contributed by atoms with Gasteiger partial charge in [-0.25, -0.2) is 9.18 Å². The number of aromatic amines is 1. The molecule has 1 aliphatic heterocycles. The number of H-pyrrole nitrogens is 1. The average Bonchev–Trinajstić information content (AvgIpc) is 3.03. The summed E-state index contributed by atoms with van der Waals surface area (Å²) >= 11 is 6.03. The summed E-state index contributed by atoms with van der Waals surface area (Å²) in [6.07, 6.45) is 1.71. The fourth-order valence-corrected chi connectivity index (χ4v) is 4.34. The van der Waals surface area contributed by atoms with E-state index in [4.69, 9.17) is 11.6 Å². The lowest BCUT2D eigenvalue weighted by Gasteiger charge is -2.34. The van der Waals surface area contributed by atoms with Gasteiger partial charge < -0.3 is 15.2 Å². The molecular weight excluding hydrogens is 407 g/mol. The predicted octanol–water partition coefficient (Wildman–Crippen LogP) is 3.58. The van der Waals surface area contributed by atoms with Crippen molar-refractivity contribution in [1.29, 1.82) is 0 Å². The van der Waals surface area contributed by atoms with Gasteiger partial charge >= 0.3 is 5.69 Å². The van der Waals surface area contributed by atoms with Crippen molar-refractivity contribution in [1.82, 2.24) is 19.8 Å². The largest absolute Gasteiger partial charge is 0.348 e. The van der Waals surface area contributed by atoms with Crippen molar-refractivity contribution in [3.8, 4) is 0 Å². The number of benzene rings is 2. The molecule has 1 aromatic heterocycles. The van der Waals surface area contributed by atoms with Gasteiger partial charge in [0.05, 0.1) is 11.0 Å². The van der Waals surface area contributed by atoms with Gasteiger partial charge in [0, 0.05) is 42.3 Å². The molecule has 0 bridgehead atoms. The number of fused-ring (bicyclic) bond motifs is 1. The lowest BCUT2D eigenvalue weighted by Crippen LogP contribution is -2.45. The summed E-state index contributed by atoms with van der Waals surface area (Å²) < 4.78 is 14.9. The van der Waals surface area contributed by atoms with Gasteiger partial charge in [-0.3, -0.25) is 9.36 Å². The Hall–Kier alpha value is -2.64. The Morgan fingerprint density at radius 2 is 1.93 bits per heavy atom. The maximum absolute atomic E-state index is 13.0. The number of carbonyl (C=O) groups is 1. The molecule has 0 saturated carbocycles. The van der Waals surface area contributed by atoms with E-state index in [0.717, 1.165) is 43.5 Å².